The first kappa shape index (κ1) is 16.7. The maximum atomic E-state index is 11.8. The summed E-state index contributed by atoms with van der Waals surface area (Å²) in [6.45, 7) is 6.41. The molecule has 6 heteroatoms. The van der Waals surface area contributed by atoms with Crippen molar-refractivity contribution in [2.45, 2.75) is 39.2 Å². The number of carbonyl (C=O) groups excluding carboxylic acids is 1. The third-order valence-corrected chi connectivity index (χ3v) is 2.02. The molecule has 1 amide bonds. The number of hydrogen-bond acceptors (Lipinski definition) is 4. The summed E-state index contributed by atoms with van der Waals surface area (Å²) in [6.07, 6.45) is 0.0709. The summed E-state index contributed by atoms with van der Waals surface area (Å²) in [6, 6.07) is 0. The average Bonchev–Trinajstić information content (AvgIpc) is 2.20. The third kappa shape index (κ3) is 8.81. The summed E-state index contributed by atoms with van der Waals surface area (Å²) in [7, 11) is 1.58. The smallest absolute Gasteiger partial charge is 0.410 e. The van der Waals surface area contributed by atoms with Crippen molar-refractivity contribution in [2.75, 3.05) is 26.8 Å². The van der Waals surface area contributed by atoms with Gasteiger partial charge >= 0.3 is 12.1 Å². The molecule has 0 radical (unpaired) electrons. The maximum absolute atomic E-state index is 11.8. The van der Waals surface area contributed by atoms with Gasteiger partial charge in [-0.1, -0.05) is 0 Å². The standard InChI is InChI=1S/C12H23NO5/c1-12(2,3)18-11(16)13(7-5-9-17-4)8-6-10(14)15/h5-9H2,1-4H3,(H,14,15). The number of carbonyl (C=O) groups is 2. The highest BCUT2D eigenvalue weighted by Gasteiger charge is 2.22. The van der Waals surface area contributed by atoms with Crippen molar-refractivity contribution in [3.8, 4) is 0 Å². The zero-order chi connectivity index (χ0) is 14.2. The molecule has 106 valence electrons. The van der Waals surface area contributed by atoms with Gasteiger partial charge in [0.05, 0.1) is 6.42 Å². The average molecular weight is 261 g/mol. The maximum Gasteiger partial charge on any atom is 0.410 e. The van der Waals surface area contributed by atoms with Gasteiger partial charge in [0.1, 0.15) is 5.60 Å². The molecule has 0 aromatic heterocycles. The summed E-state index contributed by atoms with van der Waals surface area (Å²) in [5.41, 5.74) is -0.584. The third-order valence-electron chi connectivity index (χ3n) is 2.02. The number of carboxylic acid groups (broad SMARTS) is 1. The highest BCUT2D eigenvalue weighted by Crippen LogP contribution is 2.10. The second-order valence-electron chi connectivity index (χ2n) is 4.96. The number of carboxylic acids is 1. The summed E-state index contributed by atoms with van der Waals surface area (Å²) in [4.78, 5) is 23.8. The van der Waals surface area contributed by atoms with E-state index in [9.17, 15) is 9.59 Å². The Kier molecular flexibility index (Phi) is 7.35. The van der Waals surface area contributed by atoms with E-state index in [1.54, 1.807) is 27.9 Å². The topological polar surface area (TPSA) is 76.1 Å². The first-order chi connectivity index (χ1) is 8.26. The van der Waals surface area contributed by atoms with Crippen molar-refractivity contribution < 1.29 is 24.2 Å². The van der Waals surface area contributed by atoms with Gasteiger partial charge in [-0.15, -0.1) is 0 Å². The number of ether oxygens (including phenoxy) is 2. The quantitative estimate of drug-likeness (QED) is 0.706. The predicted molar refractivity (Wildman–Crippen MR) is 66.6 cm³/mol. The molecule has 6 nitrogen and oxygen atoms in total. The Labute approximate surface area is 108 Å². The van der Waals surface area contributed by atoms with Crippen molar-refractivity contribution in [3.63, 3.8) is 0 Å². The summed E-state index contributed by atoms with van der Waals surface area (Å²) in [5.74, 6) is -0.935. The normalized spacial score (nSPS) is 11.1. The van der Waals surface area contributed by atoms with Crippen molar-refractivity contribution in [2.24, 2.45) is 0 Å². The molecule has 0 rings (SSSR count). The van der Waals surface area contributed by atoms with Gasteiger partial charge in [-0.25, -0.2) is 4.79 Å². The lowest BCUT2D eigenvalue weighted by Crippen LogP contribution is -2.38. The number of amides is 1. The van der Waals surface area contributed by atoms with E-state index in [4.69, 9.17) is 14.6 Å². The number of methoxy groups -OCH3 is 1. The first-order valence-corrected chi connectivity index (χ1v) is 5.95. The molecule has 0 atom stereocenters. The van der Waals surface area contributed by atoms with Gasteiger partial charge in [0.15, 0.2) is 0 Å². The molecular formula is C12H23NO5. The minimum Gasteiger partial charge on any atom is -0.481 e. The molecule has 0 saturated heterocycles. The van der Waals surface area contributed by atoms with E-state index in [1.165, 1.54) is 4.90 Å². The predicted octanol–water partition coefficient (Wildman–Crippen LogP) is 1.73. The molecule has 1 N–H and O–H groups in total. The van der Waals surface area contributed by atoms with Crippen LogP contribution in [0.2, 0.25) is 0 Å². The Morgan fingerprint density at radius 2 is 1.83 bits per heavy atom. The van der Waals surface area contributed by atoms with Crippen LogP contribution in [0.15, 0.2) is 0 Å². The highest BCUT2D eigenvalue weighted by molar-refractivity contribution is 5.70. The largest absolute Gasteiger partial charge is 0.481 e. The Balaban J connectivity index is 4.33. The van der Waals surface area contributed by atoms with Crippen LogP contribution in [0, 0.1) is 0 Å². The van der Waals surface area contributed by atoms with Crippen LogP contribution in [0.3, 0.4) is 0 Å². The van der Waals surface area contributed by atoms with Gasteiger partial charge in [-0.2, -0.15) is 0 Å². The Morgan fingerprint density at radius 1 is 1.22 bits per heavy atom. The summed E-state index contributed by atoms with van der Waals surface area (Å²) >= 11 is 0. The molecule has 0 unspecified atom stereocenters. The molecule has 0 spiro atoms. The lowest BCUT2D eigenvalue weighted by molar-refractivity contribution is -0.137. The lowest BCUT2D eigenvalue weighted by atomic mass is 10.2. The van der Waals surface area contributed by atoms with Crippen LogP contribution in [0.4, 0.5) is 4.79 Å². The number of hydrogen-bond donors (Lipinski definition) is 1. The van der Waals surface area contributed by atoms with E-state index >= 15 is 0 Å². The molecule has 0 aromatic rings. The van der Waals surface area contributed by atoms with Crippen molar-refractivity contribution in [1.29, 1.82) is 0 Å². The molecule has 0 bridgehead atoms. The molecule has 0 fully saturated rings. The van der Waals surface area contributed by atoms with Gasteiger partial charge in [-0.3, -0.25) is 4.79 Å². The van der Waals surface area contributed by atoms with E-state index in [2.05, 4.69) is 0 Å². The minimum atomic E-state index is -0.935. The van der Waals surface area contributed by atoms with Crippen LogP contribution in [0.25, 0.3) is 0 Å². The highest BCUT2D eigenvalue weighted by atomic mass is 16.6. The second kappa shape index (κ2) is 7.92. The van der Waals surface area contributed by atoms with Crippen LogP contribution < -0.4 is 0 Å². The van der Waals surface area contributed by atoms with Crippen LogP contribution in [-0.4, -0.2) is 54.5 Å². The minimum absolute atomic E-state index is 0.0910. The Morgan fingerprint density at radius 3 is 2.28 bits per heavy atom. The summed E-state index contributed by atoms with van der Waals surface area (Å²) in [5, 5.41) is 8.64. The van der Waals surface area contributed by atoms with E-state index in [-0.39, 0.29) is 13.0 Å². The van der Waals surface area contributed by atoms with Crippen molar-refractivity contribution in [3.05, 3.63) is 0 Å². The first-order valence-electron chi connectivity index (χ1n) is 5.95. The van der Waals surface area contributed by atoms with Gasteiger partial charge in [0, 0.05) is 26.8 Å². The van der Waals surface area contributed by atoms with E-state index in [0.717, 1.165) is 0 Å². The zero-order valence-electron chi connectivity index (χ0n) is 11.6. The molecule has 0 aliphatic rings. The van der Waals surface area contributed by atoms with E-state index < -0.39 is 17.7 Å². The molecule has 0 heterocycles. The van der Waals surface area contributed by atoms with Gasteiger partial charge in [0.25, 0.3) is 0 Å². The molecule has 0 saturated carbocycles. The van der Waals surface area contributed by atoms with Gasteiger partial charge in [0.2, 0.25) is 0 Å². The van der Waals surface area contributed by atoms with Crippen LogP contribution in [-0.2, 0) is 14.3 Å². The van der Waals surface area contributed by atoms with Crippen molar-refractivity contribution in [1.82, 2.24) is 4.90 Å². The second-order valence-corrected chi connectivity index (χ2v) is 4.96. The number of nitrogens with zero attached hydrogens (tertiary/aromatic N) is 1. The van der Waals surface area contributed by atoms with Crippen LogP contribution >= 0.6 is 0 Å². The Bertz CT molecular complexity index is 272. The fourth-order valence-corrected chi connectivity index (χ4v) is 1.25. The molecule has 18 heavy (non-hydrogen) atoms. The SMILES string of the molecule is COCCCN(CCC(=O)O)C(=O)OC(C)(C)C. The fourth-order valence-electron chi connectivity index (χ4n) is 1.25. The monoisotopic (exact) mass is 261 g/mol. The molecular weight excluding hydrogens is 238 g/mol. The van der Waals surface area contributed by atoms with Gasteiger partial charge < -0.3 is 19.5 Å². The van der Waals surface area contributed by atoms with Gasteiger partial charge in [-0.05, 0) is 27.2 Å². The lowest BCUT2D eigenvalue weighted by Gasteiger charge is -2.27. The number of aliphatic carboxylic acids is 1. The van der Waals surface area contributed by atoms with Crippen molar-refractivity contribution >= 4 is 12.1 Å². The molecule has 0 aliphatic carbocycles. The van der Waals surface area contributed by atoms with E-state index in [1.807, 2.05) is 0 Å². The fraction of sp³-hybridized carbons (Fsp3) is 0.833. The molecule has 0 aromatic carbocycles. The van der Waals surface area contributed by atoms with Crippen LogP contribution in [0.1, 0.15) is 33.6 Å². The summed E-state index contributed by atoms with van der Waals surface area (Å²) < 4.78 is 10.1. The number of rotatable bonds is 7. The van der Waals surface area contributed by atoms with Crippen LogP contribution in [0.5, 0.6) is 0 Å². The molecule has 0 aliphatic heterocycles. The van der Waals surface area contributed by atoms with E-state index in [0.29, 0.717) is 19.6 Å². The Hall–Kier alpha value is -1.30. The zero-order valence-corrected chi connectivity index (χ0v) is 11.6.